The van der Waals surface area contributed by atoms with Gasteiger partial charge in [0, 0.05) is 5.56 Å². The van der Waals surface area contributed by atoms with Crippen LogP contribution in [0.25, 0.3) is 0 Å². The predicted octanol–water partition coefficient (Wildman–Crippen LogP) is 4.22. The molecule has 1 amide bonds. The second-order valence-electron chi connectivity index (χ2n) is 5.59. The fourth-order valence-corrected chi connectivity index (χ4v) is 2.51. The van der Waals surface area contributed by atoms with Crippen LogP contribution in [0.15, 0.2) is 77.4 Å². The van der Waals surface area contributed by atoms with Crippen molar-refractivity contribution in [2.75, 3.05) is 11.9 Å². The largest absolute Gasteiger partial charge is 0.492 e. The van der Waals surface area contributed by atoms with Gasteiger partial charge in [-0.25, -0.2) is 4.79 Å². The van der Waals surface area contributed by atoms with Crippen molar-refractivity contribution in [1.29, 1.82) is 0 Å². The lowest BCUT2D eigenvalue weighted by Crippen LogP contribution is -2.26. The zero-order valence-corrected chi connectivity index (χ0v) is 14.8. The van der Waals surface area contributed by atoms with Crippen LogP contribution in [0.1, 0.15) is 29.1 Å². The molecule has 6 heteroatoms. The lowest BCUT2D eigenvalue weighted by atomic mass is 10.1. The summed E-state index contributed by atoms with van der Waals surface area (Å²) in [6, 6.07) is 18.9. The van der Waals surface area contributed by atoms with Gasteiger partial charge >= 0.3 is 5.97 Å². The number of esters is 1. The first-order chi connectivity index (χ1) is 13.2. The van der Waals surface area contributed by atoms with Crippen LogP contribution in [0, 0.1) is 0 Å². The third-order valence-electron chi connectivity index (χ3n) is 3.73. The van der Waals surface area contributed by atoms with Crippen molar-refractivity contribution in [2.45, 2.75) is 13.0 Å². The van der Waals surface area contributed by atoms with Crippen LogP contribution in [0.5, 0.6) is 5.75 Å². The van der Waals surface area contributed by atoms with Gasteiger partial charge in [0.15, 0.2) is 0 Å². The Balaban J connectivity index is 1.84. The fourth-order valence-electron chi connectivity index (χ4n) is 2.51. The highest BCUT2D eigenvalue weighted by Gasteiger charge is 2.27. The Morgan fingerprint density at radius 3 is 2.44 bits per heavy atom. The molecule has 27 heavy (non-hydrogen) atoms. The Morgan fingerprint density at radius 2 is 1.74 bits per heavy atom. The lowest BCUT2D eigenvalue weighted by molar-refractivity contribution is -0.125. The topological polar surface area (TPSA) is 77.8 Å². The molecule has 1 N–H and O–H groups in total. The Hall–Kier alpha value is -3.54. The summed E-state index contributed by atoms with van der Waals surface area (Å²) in [6.45, 7) is 2.32. The molecule has 1 unspecified atom stereocenters. The van der Waals surface area contributed by atoms with Crippen molar-refractivity contribution in [3.63, 3.8) is 0 Å². The summed E-state index contributed by atoms with van der Waals surface area (Å²) in [4.78, 5) is 25.2. The van der Waals surface area contributed by atoms with E-state index in [0.29, 0.717) is 23.6 Å². The summed E-state index contributed by atoms with van der Waals surface area (Å²) >= 11 is 0. The van der Waals surface area contributed by atoms with Gasteiger partial charge in [0.2, 0.25) is 11.9 Å². The van der Waals surface area contributed by atoms with E-state index in [1.165, 1.54) is 12.3 Å². The number of furan rings is 1. The number of nitrogens with one attached hydrogen (secondary N) is 1. The molecule has 1 heterocycles. The average molecular weight is 365 g/mol. The summed E-state index contributed by atoms with van der Waals surface area (Å²) in [7, 11) is 0. The molecule has 6 nitrogen and oxygen atoms in total. The molecule has 2 aromatic carbocycles. The maximum absolute atomic E-state index is 12.9. The quantitative estimate of drug-likeness (QED) is 0.635. The number of para-hydroxylation sites is 2. The van der Waals surface area contributed by atoms with Gasteiger partial charge < -0.3 is 19.2 Å². The van der Waals surface area contributed by atoms with Gasteiger partial charge in [-0.05, 0) is 31.2 Å². The van der Waals surface area contributed by atoms with E-state index in [4.69, 9.17) is 13.9 Å². The molecular formula is C21H19NO5. The minimum absolute atomic E-state index is 0.0263. The van der Waals surface area contributed by atoms with Crippen LogP contribution in [-0.2, 0) is 9.53 Å². The SMILES string of the molecule is CCOc1ccccc1NC(=O)C(OC(=O)c1ccco1)c1ccccc1. The van der Waals surface area contributed by atoms with Crippen molar-refractivity contribution >= 4 is 17.6 Å². The van der Waals surface area contributed by atoms with Gasteiger partial charge in [-0.1, -0.05) is 42.5 Å². The number of carbonyl (C=O) groups is 2. The molecule has 3 rings (SSSR count). The van der Waals surface area contributed by atoms with Crippen molar-refractivity contribution in [3.8, 4) is 5.75 Å². The van der Waals surface area contributed by atoms with E-state index in [9.17, 15) is 9.59 Å². The van der Waals surface area contributed by atoms with Crippen molar-refractivity contribution in [3.05, 3.63) is 84.3 Å². The molecule has 0 fully saturated rings. The van der Waals surface area contributed by atoms with Gasteiger partial charge in [-0.15, -0.1) is 0 Å². The summed E-state index contributed by atoms with van der Waals surface area (Å²) < 4.78 is 16.0. The molecular weight excluding hydrogens is 346 g/mol. The standard InChI is InChI=1S/C21H19NO5/c1-2-25-17-12-7-6-11-16(17)22-20(23)19(15-9-4-3-5-10-15)27-21(24)18-13-8-14-26-18/h3-14,19H,2H2,1H3,(H,22,23). The van der Waals surface area contributed by atoms with Gasteiger partial charge in [0.25, 0.3) is 5.91 Å². The van der Waals surface area contributed by atoms with Gasteiger partial charge in [-0.2, -0.15) is 0 Å². The van der Waals surface area contributed by atoms with Crippen LogP contribution in [0.3, 0.4) is 0 Å². The molecule has 0 saturated carbocycles. The highest BCUT2D eigenvalue weighted by molar-refractivity contribution is 5.98. The maximum atomic E-state index is 12.9. The molecule has 1 aromatic heterocycles. The van der Waals surface area contributed by atoms with Crippen LogP contribution in [0.4, 0.5) is 5.69 Å². The molecule has 0 aliphatic heterocycles. The summed E-state index contributed by atoms with van der Waals surface area (Å²) in [6.07, 6.45) is 0.227. The molecule has 138 valence electrons. The van der Waals surface area contributed by atoms with Crippen molar-refractivity contribution in [1.82, 2.24) is 0 Å². The Labute approximate surface area is 156 Å². The zero-order valence-electron chi connectivity index (χ0n) is 14.8. The minimum Gasteiger partial charge on any atom is -0.492 e. The second kappa shape index (κ2) is 8.71. The van der Waals surface area contributed by atoms with E-state index in [1.54, 1.807) is 48.5 Å². The number of hydrogen-bond donors (Lipinski definition) is 1. The number of anilines is 1. The van der Waals surface area contributed by atoms with Crippen LogP contribution in [0.2, 0.25) is 0 Å². The smallest absolute Gasteiger partial charge is 0.375 e. The molecule has 1 atom stereocenters. The van der Waals surface area contributed by atoms with Gasteiger partial charge in [-0.3, -0.25) is 4.79 Å². The highest BCUT2D eigenvalue weighted by atomic mass is 16.6. The Bertz CT molecular complexity index is 890. The molecule has 0 radical (unpaired) electrons. The number of rotatable bonds is 7. The molecule has 0 bridgehead atoms. The first kappa shape index (κ1) is 18.3. The van der Waals surface area contributed by atoms with E-state index in [1.807, 2.05) is 19.1 Å². The normalized spacial score (nSPS) is 11.4. The maximum Gasteiger partial charge on any atom is 0.375 e. The van der Waals surface area contributed by atoms with E-state index >= 15 is 0 Å². The molecule has 0 aliphatic rings. The zero-order chi connectivity index (χ0) is 19.1. The van der Waals surface area contributed by atoms with Crippen LogP contribution >= 0.6 is 0 Å². The predicted molar refractivity (Wildman–Crippen MR) is 99.5 cm³/mol. The first-order valence-electron chi connectivity index (χ1n) is 8.51. The molecule has 3 aromatic rings. The van der Waals surface area contributed by atoms with Crippen LogP contribution in [-0.4, -0.2) is 18.5 Å². The summed E-state index contributed by atoms with van der Waals surface area (Å²) in [5.41, 5.74) is 1.04. The summed E-state index contributed by atoms with van der Waals surface area (Å²) in [5.74, 6) is -0.647. The molecule has 0 aliphatic carbocycles. The molecule has 0 spiro atoms. The van der Waals surface area contributed by atoms with Crippen molar-refractivity contribution < 1.29 is 23.5 Å². The lowest BCUT2D eigenvalue weighted by Gasteiger charge is -2.18. The number of carbonyl (C=O) groups excluding carboxylic acids is 2. The number of ether oxygens (including phenoxy) is 2. The van der Waals surface area contributed by atoms with E-state index in [0.717, 1.165) is 0 Å². The highest BCUT2D eigenvalue weighted by Crippen LogP contribution is 2.27. The van der Waals surface area contributed by atoms with Crippen LogP contribution < -0.4 is 10.1 Å². The Morgan fingerprint density at radius 1 is 1.00 bits per heavy atom. The summed E-state index contributed by atoms with van der Waals surface area (Å²) in [5, 5.41) is 2.77. The monoisotopic (exact) mass is 365 g/mol. The Kier molecular flexibility index (Phi) is 5.89. The number of amides is 1. The second-order valence-corrected chi connectivity index (χ2v) is 5.59. The van der Waals surface area contributed by atoms with Gasteiger partial charge in [0.1, 0.15) is 5.75 Å². The van der Waals surface area contributed by atoms with E-state index in [-0.39, 0.29) is 5.76 Å². The third-order valence-corrected chi connectivity index (χ3v) is 3.73. The minimum atomic E-state index is -1.14. The first-order valence-corrected chi connectivity index (χ1v) is 8.51. The number of hydrogen-bond acceptors (Lipinski definition) is 5. The fraction of sp³-hybridized carbons (Fsp3) is 0.143. The van der Waals surface area contributed by atoms with E-state index < -0.39 is 18.0 Å². The van der Waals surface area contributed by atoms with E-state index in [2.05, 4.69) is 5.32 Å². The number of benzene rings is 2. The molecule has 0 saturated heterocycles. The van der Waals surface area contributed by atoms with Crippen molar-refractivity contribution in [2.24, 2.45) is 0 Å². The average Bonchev–Trinajstić information content (AvgIpc) is 3.23. The third kappa shape index (κ3) is 4.55. The van der Waals surface area contributed by atoms with Gasteiger partial charge in [0.05, 0.1) is 18.6 Å².